The SMILES string of the molecule is Fc1cc(F)c(NCCCC(F)(F)F)nc1F. The molecular weight excluding hydrogens is 250 g/mol. The standard InChI is InChI=1S/C9H8F6N2/c10-5-4-6(11)8(17-7(5)12)16-3-1-2-9(13,14)15/h4H,1-3H2,(H,16,17). The highest BCUT2D eigenvalue weighted by Crippen LogP contribution is 2.21. The number of rotatable bonds is 4. The first-order valence-electron chi connectivity index (χ1n) is 4.62. The minimum Gasteiger partial charge on any atom is -0.368 e. The molecule has 0 atom stereocenters. The maximum atomic E-state index is 12.9. The second-order valence-electron chi connectivity index (χ2n) is 3.24. The van der Waals surface area contributed by atoms with Gasteiger partial charge in [0.2, 0.25) is 0 Å². The van der Waals surface area contributed by atoms with Crippen molar-refractivity contribution in [3.63, 3.8) is 0 Å². The summed E-state index contributed by atoms with van der Waals surface area (Å²) in [7, 11) is 0. The van der Waals surface area contributed by atoms with Crippen LogP contribution in [0, 0.1) is 17.6 Å². The van der Waals surface area contributed by atoms with Gasteiger partial charge in [-0.3, -0.25) is 0 Å². The Morgan fingerprint density at radius 2 is 1.76 bits per heavy atom. The molecule has 2 nitrogen and oxygen atoms in total. The Hall–Kier alpha value is -1.47. The normalized spacial score (nSPS) is 11.6. The van der Waals surface area contributed by atoms with Crippen LogP contribution in [0.25, 0.3) is 0 Å². The number of halogens is 6. The van der Waals surface area contributed by atoms with E-state index in [9.17, 15) is 26.3 Å². The first-order chi connectivity index (χ1) is 7.79. The summed E-state index contributed by atoms with van der Waals surface area (Å²) in [5.74, 6) is -4.73. The van der Waals surface area contributed by atoms with E-state index in [4.69, 9.17) is 0 Å². The Morgan fingerprint density at radius 3 is 2.35 bits per heavy atom. The third-order valence-corrected chi connectivity index (χ3v) is 1.82. The summed E-state index contributed by atoms with van der Waals surface area (Å²) < 4.78 is 73.2. The summed E-state index contributed by atoms with van der Waals surface area (Å²) in [6.45, 7) is -0.242. The molecule has 1 aromatic heterocycles. The monoisotopic (exact) mass is 258 g/mol. The van der Waals surface area contributed by atoms with Gasteiger partial charge in [-0.25, -0.2) is 8.78 Å². The lowest BCUT2D eigenvalue weighted by Gasteiger charge is -2.08. The molecule has 1 rings (SSSR count). The highest BCUT2D eigenvalue weighted by molar-refractivity contribution is 5.35. The van der Waals surface area contributed by atoms with Gasteiger partial charge in [0.05, 0.1) is 0 Å². The largest absolute Gasteiger partial charge is 0.389 e. The molecule has 8 heteroatoms. The van der Waals surface area contributed by atoms with E-state index in [1.54, 1.807) is 0 Å². The first kappa shape index (κ1) is 13.6. The molecule has 0 radical (unpaired) electrons. The molecule has 0 saturated carbocycles. The van der Waals surface area contributed by atoms with E-state index in [1.807, 2.05) is 0 Å². The number of hydrogen-bond acceptors (Lipinski definition) is 2. The fraction of sp³-hybridized carbons (Fsp3) is 0.444. The zero-order valence-electron chi connectivity index (χ0n) is 8.41. The van der Waals surface area contributed by atoms with Gasteiger partial charge in [0.25, 0.3) is 5.95 Å². The zero-order valence-corrected chi connectivity index (χ0v) is 8.41. The molecule has 0 aliphatic rings. The molecule has 0 fully saturated rings. The molecule has 1 N–H and O–H groups in total. The van der Waals surface area contributed by atoms with Gasteiger partial charge in [0.15, 0.2) is 17.5 Å². The molecule has 0 spiro atoms. The average molecular weight is 258 g/mol. The lowest BCUT2D eigenvalue weighted by Crippen LogP contribution is -2.12. The maximum Gasteiger partial charge on any atom is 0.389 e. The van der Waals surface area contributed by atoms with E-state index in [1.165, 1.54) is 0 Å². The van der Waals surface area contributed by atoms with Crippen LogP contribution in [0.3, 0.4) is 0 Å². The van der Waals surface area contributed by atoms with Gasteiger partial charge in [-0.15, -0.1) is 0 Å². The fourth-order valence-electron chi connectivity index (χ4n) is 1.06. The van der Waals surface area contributed by atoms with Gasteiger partial charge in [-0.2, -0.15) is 22.5 Å². The summed E-state index contributed by atoms with van der Waals surface area (Å²) in [6.07, 6.45) is -5.67. The van der Waals surface area contributed by atoms with Crippen molar-refractivity contribution in [3.8, 4) is 0 Å². The topological polar surface area (TPSA) is 24.9 Å². The van der Waals surface area contributed by atoms with Gasteiger partial charge >= 0.3 is 6.18 Å². The molecule has 0 aliphatic heterocycles. The number of alkyl halides is 3. The molecule has 1 aromatic rings. The van der Waals surface area contributed by atoms with Crippen molar-refractivity contribution in [2.75, 3.05) is 11.9 Å². The van der Waals surface area contributed by atoms with Crippen LogP contribution in [0.15, 0.2) is 6.07 Å². The van der Waals surface area contributed by atoms with E-state index in [2.05, 4.69) is 10.3 Å². The van der Waals surface area contributed by atoms with Gasteiger partial charge in [0.1, 0.15) is 0 Å². The molecule has 0 aliphatic carbocycles. The predicted molar refractivity (Wildman–Crippen MR) is 47.9 cm³/mol. The molecule has 0 bridgehead atoms. The number of hydrogen-bond donors (Lipinski definition) is 1. The van der Waals surface area contributed by atoms with Crippen LogP contribution in [0.1, 0.15) is 12.8 Å². The average Bonchev–Trinajstić information content (AvgIpc) is 2.18. The van der Waals surface area contributed by atoms with Crippen LogP contribution >= 0.6 is 0 Å². The number of nitrogens with zero attached hydrogens (tertiary/aromatic N) is 1. The van der Waals surface area contributed by atoms with Crippen molar-refractivity contribution >= 4 is 5.82 Å². The van der Waals surface area contributed by atoms with Crippen LogP contribution in [0.4, 0.5) is 32.2 Å². The van der Waals surface area contributed by atoms with Crippen molar-refractivity contribution in [1.82, 2.24) is 4.98 Å². The summed E-state index contributed by atoms with van der Waals surface area (Å²) in [4.78, 5) is 2.90. The van der Waals surface area contributed by atoms with Crippen molar-refractivity contribution < 1.29 is 26.3 Å². The summed E-state index contributed by atoms with van der Waals surface area (Å²) in [5.41, 5.74) is 0. The lowest BCUT2D eigenvalue weighted by molar-refractivity contribution is -0.134. The van der Waals surface area contributed by atoms with Crippen LogP contribution in [-0.4, -0.2) is 17.7 Å². The number of aromatic nitrogens is 1. The Bertz CT molecular complexity index is 390. The highest BCUT2D eigenvalue weighted by Gasteiger charge is 2.26. The van der Waals surface area contributed by atoms with Crippen LogP contribution < -0.4 is 5.32 Å². The maximum absolute atomic E-state index is 12.9. The van der Waals surface area contributed by atoms with Crippen molar-refractivity contribution in [3.05, 3.63) is 23.6 Å². The Kier molecular flexibility index (Phi) is 4.19. The number of pyridine rings is 1. The third-order valence-electron chi connectivity index (χ3n) is 1.82. The molecule has 0 saturated heterocycles. The molecule has 0 aromatic carbocycles. The third kappa shape index (κ3) is 4.49. The molecule has 1 heterocycles. The molecular formula is C9H8F6N2. The van der Waals surface area contributed by atoms with Gasteiger partial charge in [0, 0.05) is 19.0 Å². The fourth-order valence-corrected chi connectivity index (χ4v) is 1.06. The zero-order chi connectivity index (χ0) is 13.1. The molecule has 17 heavy (non-hydrogen) atoms. The molecule has 0 amide bonds. The van der Waals surface area contributed by atoms with Crippen molar-refractivity contribution in [1.29, 1.82) is 0 Å². The number of nitrogens with one attached hydrogen (secondary N) is 1. The highest BCUT2D eigenvalue weighted by atomic mass is 19.4. The van der Waals surface area contributed by atoms with E-state index in [-0.39, 0.29) is 19.0 Å². The Labute approximate surface area is 92.7 Å². The predicted octanol–water partition coefficient (Wildman–Crippen LogP) is 3.25. The van der Waals surface area contributed by atoms with E-state index in [0.717, 1.165) is 0 Å². The Balaban J connectivity index is 2.50. The van der Waals surface area contributed by atoms with Crippen LogP contribution in [0.5, 0.6) is 0 Å². The van der Waals surface area contributed by atoms with Crippen molar-refractivity contribution in [2.24, 2.45) is 0 Å². The van der Waals surface area contributed by atoms with E-state index >= 15 is 0 Å². The van der Waals surface area contributed by atoms with Gasteiger partial charge in [-0.1, -0.05) is 0 Å². The quantitative estimate of drug-likeness (QED) is 0.509. The summed E-state index contributed by atoms with van der Waals surface area (Å²) in [5, 5.41) is 2.16. The van der Waals surface area contributed by atoms with Gasteiger partial charge < -0.3 is 5.32 Å². The number of anilines is 1. The first-order valence-corrected chi connectivity index (χ1v) is 4.62. The second-order valence-corrected chi connectivity index (χ2v) is 3.24. The smallest absolute Gasteiger partial charge is 0.368 e. The minimum atomic E-state index is -4.30. The summed E-state index contributed by atoms with van der Waals surface area (Å²) >= 11 is 0. The minimum absolute atomic E-state index is 0.242. The van der Waals surface area contributed by atoms with E-state index < -0.39 is 36.0 Å². The Morgan fingerprint density at radius 1 is 1.12 bits per heavy atom. The summed E-state index contributed by atoms with van der Waals surface area (Å²) in [6, 6.07) is 0.272. The van der Waals surface area contributed by atoms with Gasteiger partial charge in [-0.05, 0) is 6.42 Å². The van der Waals surface area contributed by atoms with Crippen molar-refractivity contribution in [2.45, 2.75) is 19.0 Å². The second kappa shape index (κ2) is 5.24. The molecule has 0 unspecified atom stereocenters. The molecule has 96 valence electrons. The van der Waals surface area contributed by atoms with E-state index in [0.29, 0.717) is 0 Å². The lowest BCUT2D eigenvalue weighted by atomic mass is 10.3. The van der Waals surface area contributed by atoms with Crippen LogP contribution in [-0.2, 0) is 0 Å². The van der Waals surface area contributed by atoms with Crippen LogP contribution in [0.2, 0.25) is 0 Å².